The number of piperidine rings is 1. The maximum Gasteiger partial charge on any atom is 0.257 e. The Hall–Kier alpha value is -1.13. The summed E-state index contributed by atoms with van der Waals surface area (Å²) < 4.78 is 13.8. The molecule has 0 spiro atoms. The summed E-state index contributed by atoms with van der Waals surface area (Å²) in [7, 11) is 0. The molecule has 1 amide bonds. The largest absolute Gasteiger partial charge is 0.334 e. The summed E-state index contributed by atoms with van der Waals surface area (Å²) in [4.78, 5) is 14.1. The topological polar surface area (TPSA) is 46.3 Å². The van der Waals surface area contributed by atoms with Gasteiger partial charge in [-0.3, -0.25) is 4.79 Å². The van der Waals surface area contributed by atoms with Gasteiger partial charge in [0.05, 0.1) is 5.56 Å². The average molecular weight is 285 g/mol. The van der Waals surface area contributed by atoms with Gasteiger partial charge in [-0.15, -0.1) is 0 Å². The highest BCUT2D eigenvalue weighted by Crippen LogP contribution is 2.25. The van der Waals surface area contributed by atoms with Crippen LogP contribution in [0, 0.1) is 11.7 Å². The predicted molar refractivity (Wildman–Crippen MR) is 73.7 cm³/mol. The molecule has 0 unspecified atom stereocenters. The third kappa shape index (κ3) is 2.90. The number of halogens is 2. The lowest BCUT2D eigenvalue weighted by molar-refractivity contribution is 0.0528. The summed E-state index contributed by atoms with van der Waals surface area (Å²) in [5.41, 5.74) is 5.82. The fourth-order valence-electron chi connectivity index (χ4n) is 2.68. The van der Waals surface area contributed by atoms with Gasteiger partial charge < -0.3 is 10.6 Å². The minimum absolute atomic E-state index is 0.0173. The average Bonchev–Trinajstić information content (AvgIpc) is 2.37. The number of amides is 1. The van der Waals surface area contributed by atoms with Crippen molar-refractivity contribution >= 4 is 17.5 Å². The minimum atomic E-state index is -0.577. The number of carbonyl (C=O) groups is 1. The summed E-state index contributed by atoms with van der Waals surface area (Å²) in [6, 6.07) is 4.12. The van der Waals surface area contributed by atoms with Crippen molar-refractivity contribution in [1.82, 2.24) is 4.90 Å². The van der Waals surface area contributed by atoms with E-state index in [1.54, 1.807) is 4.90 Å². The summed E-state index contributed by atoms with van der Waals surface area (Å²) in [5, 5.41) is 0.288. The zero-order chi connectivity index (χ0) is 14.0. The first-order chi connectivity index (χ1) is 9.04. The molecule has 1 saturated heterocycles. The Labute approximate surface area is 117 Å². The summed E-state index contributed by atoms with van der Waals surface area (Å²) in [6.45, 7) is 3.12. The van der Waals surface area contributed by atoms with Crippen LogP contribution in [0.3, 0.4) is 0 Å². The van der Waals surface area contributed by atoms with E-state index < -0.39 is 5.82 Å². The molecule has 2 atom stereocenters. The van der Waals surface area contributed by atoms with Crippen molar-refractivity contribution in [1.29, 1.82) is 0 Å². The van der Waals surface area contributed by atoms with Gasteiger partial charge in [-0.25, -0.2) is 4.39 Å². The van der Waals surface area contributed by atoms with Gasteiger partial charge in [-0.1, -0.05) is 18.5 Å². The Morgan fingerprint density at radius 3 is 2.95 bits per heavy atom. The molecule has 19 heavy (non-hydrogen) atoms. The molecule has 1 heterocycles. The van der Waals surface area contributed by atoms with Crippen LogP contribution in [-0.4, -0.2) is 29.9 Å². The Bertz CT molecular complexity index is 481. The van der Waals surface area contributed by atoms with Crippen LogP contribution < -0.4 is 5.73 Å². The summed E-state index contributed by atoms with van der Waals surface area (Å²) in [6.07, 6.45) is 1.98. The van der Waals surface area contributed by atoms with Gasteiger partial charge in [0.25, 0.3) is 5.91 Å². The second kappa shape index (κ2) is 5.88. The van der Waals surface area contributed by atoms with E-state index in [2.05, 4.69) is 6.92 Å². The molecule has 1 aliphatic rings. The van der Waals surface area contributed by atoms with Crippen molar-refractivity contribution in [3.63, 3.8) is 0 Å². The molecule has 1 aromatic rings. The third-order valence-electron chi connectivity index (χ3n) is 3.78. The Kier molecular flexibility index (Phi) is 4.42. The van der Waals surface area contributed by atoms with Crippen LogP contribution in [-0.2, 0) is 0 Å². The van der Waals surface area contributed by atoms with Crippen molar-refractivity contribution in [3.8, 4) is 0 Å². The van der Waals surface area contributed by atoms with Crippen LogP contribution in [0.1, 0.15) is 30.1 Å². The molecule has 2 N–H and O–H groups in total. The molecular formula is C14H18ClFN2O. The molecule has 0 bridgehead atoms. The van der Waals surface area contributed by atoms with Crippen molar-refractivity contribution in [2.24, 2.45) is 11.7 Å². The van der Waals surface area contributed by atoms with Crippen LogP contribution in [0.25, 0.3) is 0 Å². The van der Waals surface area contributed by atoms with Crippen LogP contribution >= 0.6 is 11.6 Å². The molecule has 1 aromatic carbocycles. The smallest absolute Gasteiger partial charge is 0.257 e. The standard InChI is InChI=1S/C14H18ClFN2O/c1-9-3-2-6-18(13(9)8-17)14(19)11-5-4-10(15)7-12(11)16/h4-5,7,9,13H,2-3,6,8,17H2,1H3/t9-,13+/m0/s1. The number of nitrogens with zero attached hydrogens (tertiary/aromatic N) is 1. The normalized spacial score (nSPS) is 23.5. The molecule has 1 fully saturated rings. The number of likely N-dealkylation sites (tertiary alicyclic amines) is 1. The monoisotopic (exact) mass is 284 g/mol. The zero-order valence-electron chi connectivity index (χ0n) is 10.9. The third-order valence-corrected chi connectivity index (χ3v) is 4.01. The molecule has 2 rings (SSSR count). The molecule has 1 aliphatic heterocycles. The van der Waals surface area contributed by atoms with Gasteiger partial charge in [0.15, 0.2) is 0 Å². The number of nitrogens with two attached hydrogens (primary N) is 1. The Balaban J connectivity index is 2.27. The summed E-state index contributed by atoms with van der Waals surface area (Å²) >= 11 is 5.70. The number of carbonyl (C=O) groups excluding carboxylic acids is 1. The number of hydrogen-bond acceptors (Lipinski definition) is 2. The first-order valence-electron chi connectivity index (χ1n) is 6.50. The number of benzene rings is 1. The van der Waals surface area contributed by atoms with E-state index in [9.17, 15) is 9.18 Å². The van der Waals surface area contributed by atoms with Gasteiger partial charge in [0.2, 0.25) is 0 Å². The second-order valence-corrected chi connectivity index (χ2v) is 5.48. The molecule has 3 nitrogen and oxygen atoms in total. The lowest BCUT2D eigenvalue weighted by atomic mass is 9.90. The Morgan fingerprint density at radius 1 is 1.58 bits per heavy atom. The molecule has 0 aromatic heterocycles. The van der Waals surface area contributed by atoms with Crippen molar-refractivity contribution < 1.29 is 9.18 Å². The van der Waals surface area contributed by atoms with E-state index in [0.717, 1.165) is 12.8 Å². The van der Waals surface area contributed by atoms with E-state index in [1.165, 1.54) is 18.2 Å². The van der Waals surface area contributed by atoms with Crippen molar-refractivity contribution in [3.05, 3.63) is 34.6 Å². The van der Waals surface area contributed by atoms with E-state index in [1.807, 2.05) is 0 Å². The van der Waals surface area contributed by atoms with E-state index in [4.69, 9.17) is 17.3 Å². The van der Waals surface area contributed by atoms with Gasteiger partial charge in [0.1, 0.15) is 5.82 Å². The Morgan fingerprint density at radius 2 is 2.32 bits per heavy atom. The molecule has 0 aliphatic carbocycles. The fourth-order valence-corrected chi connectivity index (χ4v) is 2.84. The molecule has 0 saturated carbocycles. The highest BCUT2D eigenvalue weighted by atomic mass is 35.5. The lowest BCUT2D eigenvalue weighted by Crippen LogP contribution is -2.51. The SMILES string of the molecule is C[C@H]1CCCN(C(=O)c2ccc(Cl)cc2F)[C@@H]1CN. The molecule has 5 heteroatoms. The van der Waals surface area contributed by atoms with Crippen molar-refractivity contribution in [2.75, 3.05) is 13.1 Å². The second-order valence-electron chi connectivity index (χ2n) is 5.05. The van der Waals surface area contributed by atoms with Crippen LogP contribution in [0.5, 0.6) is 0 Å². The molecular weight excluding hydrogens is 267 g/mol. The molecule has 0 radical (unpaired) electrons. The fraction of sp³-hybridized carbons (Fsp3) is 0.500. The zero-order valence-corrected chi connectivity index (χ0v) is 11.7. The maximum absolute atomic E-state index is 13.8. The van der Waals surface area contributed by atoms with Crippen molar-refractivity contribution in [2.45, 2.75) is 25.8 Å². The maximum atomic E-state index is 13.8. The van der Waals surface area contributed by atoms with Gasteiger partial charge in [-0.2, -0.15) is 0 Å². The van der Waals surface area contributed by atoms with Gasteiger partial charge in [0, 0.05) is 24.2 Å². The van der Waals surface area contributed by atoms with Crippen LogP contribution in [0.2, 0.25) is 5.02 Å². The first-order valence-corrected chi connectivity index (χ1v) is 6.88. The highest BCUT2D eigenvalue weighted by molar-refractivity contribution is 6.30. The first kappa shape index (κ1) is 14.3. The quantitative estimate of drug-likeness (QED) is 0.907. The lowest BCUT2D eigenvalue weighted by Gasteiger charge is -2.39. The predicted octanol–water partition coefficient (Wildman–Crippen LogP) is 2.68. The number of hydrogen-bond donors (Lipinski definition) is 1. The highest BCUT2D eigenvalue weighted by Gasteiger charge is 2.32. The van der Waals surface area contributed by atoms with E-state index >= 15 is 0 Å². The van der Waals surface area contributed by atoms with Gasteiger partial charge in [-0.05, 0) is 37.0 Å². The van der Waals surface area contributed by atoms with Crippen LogP contribution in [0.15, 0.2) is 18.2 Å². The number of rotatable bonds is 2. The van der Waals surface area contributed by atoms with E-state index in [-0.39, 0.29) is 22.5 Å². The minimum Gasteiger partial charge on any atom is -0.334 e. The van der Waals surface area contributed by atoms with E-state index in [0.29, 0.717) is 19.0 Å². The summed E-state index contributed by atoms with van der Waals surface area (Å²) in [5.74, 6) is -0.527. The van der Waals surface area contributed by atoms with Gasteiger partial charge >= 0.3 is 0 Å². The molecule has 104 valence electrons. The van der Waals surface area contributed by atoms with Crippen LogP contribution in [0.4, 0.5) is 4.39 Å².